The van der Waals surface area contributed by atoms with Crippen LogP contribution in [-0.4, -0.2) is 22.0 Å². The Labute approximate surface area is 115 Å². The van der Waals surface area contributed by atoms with Gasteiger partial charge in [0.15, 0.2) is 5.69 Å². The lowest BCUT2D eigenvalue weighted by Gasteiger charge is -2.18. The lowest BCUT2D eigenvalue weighted by molar-refractivity contribution is -0.141. The predicted octanol–water partition coefficient (Wildman–Crippen LogP) is 3.24. The molecule has 19 heavy (non-hydrogen) atoms. The number of hydrogen-bond donors (Lipinski definition) is 0. The van der Waals surface area contributed by atoms with E-state index < -0.39 is 17.2 Å². The Hall–Kier alpha value is -1.41. The highest BCUT2D eigenvalue weighted by Crippen LogP contribution is 2.30. The average Bonchev–Trinajstić information content (AvgIpc) is 2.79. The van der Waals surface area contributed by atoms with Gasteiger partial charge in [0.2, 0.25) is 5.28 Å². The summed E-state index contributed by atoms with van der Waals surface area (Å²) in [5, 5.41) is 1.37. The molecule has 0 spiro atoms. The van der Waals surface area contributed by atoms with Crippen molar-refractivity contribution >= 4 is 28.8 Å². The largest absolute Gasteiger partial charge is 0.433 e. The van der Waals surface area contributed by atoms with Crippen LogP contribution in [0.15, 0.2) is 17.0 Å². The van der Waals surface area contributed by atoms with E-state index in [4.69, 9.17) is 11.6 Å². The molecule has 0 fully saturated rings. The maximum absolute atomic E-state index is 12.6. The number of thiazole rings is 1. The minimum Gasteiger partial charge on any atom is -0.354 e. The normalized spacial score (nSPS) is 11.6. The van der Waals surface area contributed by atoms with E-state index in [9.17, 15) is 13.2 Å². The topological polar surface area (TPSA) is 41.9 Å². The Morgan fingerprint density at radius 2 is 2.11 bits per heavy atom. The lowest BCUT2D eigenvalue weighted by atomic mass is 10.3. The first-order valence-electron chi connectivity index (χ1n) is 5.06. The molecule has 0 aromatic carbocycles. The minimum atomic E-state index is -4.55. The van der Waals surface area contributed by atoms with Crippen LogP contribution in [0.1, 0.15) is 11.4 Å². The molecule has 0 amide bonds. The van der Waals surface area contributed by atoms with Gasteiger partial charge in [0.1, 0.15) is 5.82 Å². The van der Waals surface area contributed by atoms with Gasteiger partial charge in [0.25, 0.3) is 0 Å². The molecule has 0 atom stereocenters. The summed E-state index contributed by atoms with van der Waals surface area (Å²) in [5.74, 6) is 0.0975. The molecular weight excluding hydrogens is 301 g/mol. The maximum Gasteiger partial charge on any atom is 0.433 e. The highest BCUT2D eigenvalue weighted by molar-refractivity contribution is 7.07. The van der Waals surface area contributed by atoms with Crippen LogP contribution < -0.4 is 4.90 Å². The van der Waals surface area contributed by atoms with Crippen molar-refractivity contribution in [2.24, 2.45) is 0 Å². The van der Waals surface area contributed by atoms with Crippen LogP contribution in [0.2, 0.25) is 5.28 Å². The molecule has 0 unspecified atom stereocenters. The second-order valence-electron chi connectivity index (χ2n) is 3.71. The fraction of sp³-hybridized carbons (Fsp3) is 0.300. The van der Waals surface area contributed by atoms with Crippen LogP contribution in [0.3, 0.4) is 0 Å². The minimum absolute atomic E-state index is 0.0975. The molecule has 2 heterocycles. The van der Waals surface area contributed by atoms with Crippen LogP contribution in [0.4, 0.5) is 19.0 Å². The van der Waals surface area contributed by atoms with Crippen molar-refractivity contribution in [1.29, 1.82) is 0 Å². The number of anilines is 1. The summed E-state index contributed by atoms with van der Waals surface area (Å²) in [7, 11) is 1.61. The number of halogens is 4. The molecule has 2 rings (SSSR count). The van der Waals surface area contributed by atoms with Crippen molar-refractivity contribution in [3.8, 4) is 0 Å². The Kier molecular flexibility index (Phi) is 3.91. The smallest absolute Gasteiger partial charge is 0.354 e. The number of nitrogens with zero attached hydrogens (tertiary/aromatic N) is 4. The molecule has 9 heteroatoms. The molecule has 0 aliphatic rings. The maximum atomic E-state index is 12.6. The van der Waals surface area contributed by atoms with Crippen LogP contribution in [-0.2, 0) is 12.7 Å². The first-order chi connectivity index (χ1) is 8.86. The Balaban J connectivity index is 2.26. The second kappa shape index (κ2) is 5.30. The second-order valence-corrected chi connectivity index (χ2v) is 4.77. The summed E-state index contributed by atoms with van der Waals surface area (Å²) in [4.78, 5) is 12.5. The van der Waals surface area contributed by atoms with Crippen molar-refractivity contribution in [3.05, 3.63) is 33.6 Å². The first kappa shape index (κ1) is 14.0. The molecule has 0 aliphatic carbocycles. The zero-order chi connectivity index (χ0) is 14.0. The van der Waals surface area contributed by atoms with E-state index in [0.29, 0.717) is 6.54 Å². The monoisotopic (exact) mass is 308 g/mol. The van der Waals surface area contributed by atoms with Crippen molar-refractivity contribution in [1.82, 2.24) is 15.0 Å². The zero-order valence-electron chi connectivity index (χ0n) is 9.65. The molecule has 4 nitrogen and oxygen atoms in total. The summed E-state index contributed by atoms with van der Waals surface area (Å²) in [5.41, 5.74) is 1.33. The van der Waals surface area contributed by atoms with Crippen LogP contribution in [0.25, 0.3) is 0 Å². The van der Waals surface area contributed by atoms with Gasteiger partial charge in [0.05, 0.1) is 17.7 Å². The summed E-state index contributed by atoms with van der Waals surface area (Å²) in [6.45, 7) is 0.341. The molecule has 0 N–H and O–H groups in total. The highest BCUT2D eigenvalue weighted by atomic mass is 35.5. The molecule has 0 saturated heterocycles. The zero-order valence-corrected chi connectivity index (χ0v) is 11.2. The van der Waals surface area contributed by atoms with Gasteiger partial charge < -0.3 is 4.90 Å². The molecule has 2 aromatic heterocycles. The molecule has 0 saturated carbocycles. The van der Waals surface area contributed by atoms with Gasteiger partial charge in [-0.1, -0.05) is 0 Å². The number of aromatic nitrogens is 3. The third-order valence-corrected chi connectivity index (χ3v) is 3.05. The van der Waals surface area contributed by atoms with E-state index >= 15 is 0 Å². The number of alkyl halides is 3. The summed E-state index contributed by atoms with van der Waals surface area (Å²) < 4.78 is 37.8. The molecule has 2 aromatic rings. The van der Waals surface area contributed by atoms with Gasteiger partial charge in [-0.05, 0) is 11.6 Å². The van der Waals surface area contributed by atoms with Gasteiger partial charge in [-0.3, -0.25) is 0 Å². The molecule has 0 radical (unpaired) electrons. The van der Waals surface area contributed by atoms with E-state index in [2.05, 4.69) is 15.0 Å². The Morgan fingerprint density at radius 3 is 2.68 bits per heavy atom. The number of rotatable bonds is 3. The van der Waals surface area contributed by atoms with E-state index in [0.717, 1.165) is 11.8 Å². The Morgan fingerprint density at radius 1 is 1.37 bits per heavy atom. The average molecular weight is 309 g/mol. The molecule has 0 bridgehead atoms. The van der Waals surface area contributed by atoms with Gasteiger partial charge in [-0.2, -0.15) is 13.2 Å². The van der Waals surface area contributed by atoms with Crippen LogP contribution in [0.5, 0.6) is 0 Å². The summed E-state index contributed by atoms with van der Waals surface area (Å²) >= 11 is 6.93. The SMILES string of the molecule is CN(Cc1cscn1)c1cc(C(F)(F)F)nc(Cl)n1. The van der Waals surface area contributed by atoms with E-state index in [1.165, 1.54) is 16.2 Å². The standard InChI is InChI=1S/C10H8ClF3N4S/c1-18(3-6-4-19-5-15-6)8-2-7(10(12,13)14)16-9(11)17-8/h2,4-5H,3H2,1H3. The molecule has 0 aliphatic heterocycles. The quantitative estimate of drug-likeness (QED) is 0.816. The van der Waals surface area contributed by atoms with Crippen molar-refractivity contribution in [2.75, 3.05) is 11.9 Å². The molecule has 102 valence electrons. The predicted molar refractivity (Wildman–Crippen MR) is 66.3 cm³/mol. The van der Waals surface area contributed by atoms with Crippen LogP contribution >= 0.6 is 22.9 Å². The van der Waals surface area contributed by atoms with Crippen molar-refractivity contribution in [3.63, 3.8) is 0 Å². The van der Waals surface area contributed by atoms with E-state index in [1.54, 1.807) is 12.6 Å². The number of hydrogen-bond acceptors (Lipinski definition) is 5. The van der Waals surface area contributed by atoms with Gasteiger partial charge >= 0.3 is 6.18 Å². The van der Waals surface area contributed by atoms with E-state index in [-0.39, 0.29) is 5.82 Å². The van der Waals surface area contributed by atoms with Crippen LogP contribution in [0, 0.1) is 0 Å². The van der Waals surface area contributed by atoms with Crippen molar-refractivity contribution < 1.29 is 13.2 Å². The Bertz CT molecular complexity index is 558. The fourth-order valence-electron chi connectivity index (χ4n) is 1.39. The van der Waals surface area contributed by atoms with Gasteiger partial charge in [0, 0.05) is 18.5 Å². The van der Waals surface area contributed by atoms with Crippen molar-refractivity contribution in [2.45, 2.75) is 12.7 Å². The molecular formula is C10H8ClF3N4S. The first-order valence-corrected chi connectivity index (χ1v) is 6.38. The summed E-state index contributed by atoms with van der Waals surface area (Å²) in [6.07, 6.45) is -4.55. The highest BCUT2D eigenvalue weighted by Gasteiger charge is 2.33. The van der Waals surface area contributed by atoms with Gasteiger partial charge in [-0.25, -0.2) is 15.0 Å². The third-order valence-electron chi connectivity index (χ3n) is 2.25. The third kappa shape index (κ3) is 3.54. The summed E-state index contributed by atoms with van der Waals surface area (Å²) in [6, 6.07) is 0.859. The van der Waals surface area contributed by atoms with Gasteiger partial charge in [-0.15, -0.1) is 11.3 Å². The van der Waals surface area contributed by atoms with E-state index in [1.807, 2.05) is 5.38 Å². The fourth-order valence-corrected chi connectivity index (χ4v) is 2.11. The lowest BCUT2D eigenvalue weighted by Crippen LogP contribution is -2.20.